The van der Waals surface area contributed by atoms with Crippen LogP contribution < -0.4 is 14.4 Å². The minimum absolute atomic E-state index is 0.187. The van der Waals surface area contributed by atoms with Crippen LogP contribution in [-0.4, -0.2) is 56.5 Å². The summed E-state index contributed by atoms with van der Waals surface area (Å²) in [4.78, 5) is 17.0. The highest BCUT2D eigenvalue weighted by molar-refractivity contribution is 6.35. The number of nitrogens with zero attached hydrogens (tertiary/aromatic N) is 2. The smallest absolute Gasteiger partial charge is 0.226 e. The lowest BCUT2D eigenvalue weighted by molar-refractivity contribution is -0.131. The van der Waals surface area contributed by atoms with Crippen molar-refractivity contribution in [3.05, 3.63) is 101 Å². The molecule has 2 aliphatic heterocycles. The molecule has 3 aromatic rings. The molecule has 0 N–H and O–H groups in total. The maximum atomic E-state index is 12.8. The number of rotatable bonds is 10. The van der Waals surface area contributed by atoms with Crippen molar-refractivity contribution >= 4 is 34.8 Å². The van der Waals surface area contributed by atoms with Crippen molar-refractivity contribution in [2.75, 3.05) is 44.3 Å². The highest BCUT2D eigenvalue weighted by Gasteiger charge is 2.30. The largest absolute Gasteiger partial charge is 0.490 e. The second-order valence-electron chi connectivity index (χ2n) is 9.62. The first kappa shape index (κ1) is 28.3. The number of hydrogen-bond donors (Lipinski definition) is 0. The summed E-state index contributed by atoms with van der Waals surface area (Å²) in [6.45, 7) is 7.39. The Morgan fingerprint density at radius 2 is 1.70 bits per heavy atom. The summed E-state index contributed by atoms with van der Waals surface area (Å²) in [5.41, 5.74) is 2.93. The first-order chi connectivity index (χ1) is 19.5. The van der Waals surface area contributed by atoms with Crippen molar-refractivity contribution in [3.63, 3.8) is 0 Å². The van der Waals surface area contributed by atoms with Gasteiger partial charge in [-0.3, -0.25) is 4.79 Å². The number of benzene rings is 3. The molecule has 0 aliphatic carbocycles. The van der Waals surface area contributed by atoms with E-state index in [1.807, 2.05) is 53.4 Å². The van der Waals surface area contributed by atoms with Crippen LogP contribution in [0, 0.1) is 0 Å². The van der Waals surface area contributed by atoms with Gasteiger partial charge in [-0.15, -0.1) is 0 Å². The van der Waals surface area contributed by atoms with Gasteiger partial charge >= 0.3 is 0 Å². The monoisotopic (exact) mass is 582 g/mol. The van der Waals surface area contributed by atoms with Gasteiger partial charge in [0.05, 0.1) is 5.02 Å². The first-order valence-corrected chi connectivity index (χ1v) is 14.1. The number of halogens is 2. The Bertz CT molecular complexity index is 1290. The Morgan fingerprint density at radius 1 is 0.975 bits per heavy atom. The van der Waals surface area contributed by atoms with Crippen LogP contribution in [0.3, 0.4) is 0 Å². The number of anilines is 1. The van der Waals surface area contributed by atoms with Crippen molar-refractivity contribution < 1.29 is 23.7 Å². The van der Waals surface area contributed by atoms with E-state index >= 15 is 0 Å². The third-order valence-corrected chi connectivity index (χ3v) is 7.46. The molecule has 0 aromatic heterocycles. The van der Waals surface area contributed by atoms with Crippen LogP contribution >= 0.6 is 23.2 Å². The third kappa shape index (κ3) is 7.29. The van der Waals surface area contributed by atoms with Gasteiger partial charge in [-0.2, -0.15) is 0 Å². The molecule has 2 fully saturated rings. The van der Waals surface area contributed by atoms with E-state index in [9.17, 15) is 4.79 Å². The van der Waals surface area contributed by atoms with Gasteiger partial charge in [0.2, 0.25) is 12.2 Å². The molecular formula is C31H32Cl2N2O5. The van der Waals surface area contributed by atoms with Crippen LogP contribution in [0.4, 0.5) is 5.69 Å². The van der Waals surface area contributed by atoms with Gasteiger partial charge in [0, 0.05) is 48.9 Å². The Hall–Kier alpha value is -3.23. The number of amides is 1. The number of carbonyl (C=O) groups excluding carboxylic acids is 1. The summed E-state index contributed by atoms with van der Waals surface area (Å²) in [7, 11) is 0. The van der Waals surface area contributed by atoms with Gasteiger partial charge in [0.1, 0.15) is 24.7 Å². The molecule has 0 bridgehead atoms. The van der Waals surface area contributed by atoms with E-state index in [0.717, 1.165) is 30.1 Å². The molecular weight excluding hydrogens is 551 g/mol. The average Bonchev–Trinajstić information content (AvgIpc) is 3.44. The first-order valence-electron chi connectivity index (χ1n) is 13.3. The van der Waals surface area contributed by atoms with Crippen LogP contribution in [0.15, 0.2) is 79.4 Å². The molecule has 210 valence electrons. The zero-order chi connectivity index (χ0) is 27.9. The quantitative estimate of drug-likeness (QED) is 0.262. The zero-order valence-electron chi connectivity index (χ0n) is 22.1. The van der Waals surface area contributed by atoms with E-state index in [4.69, 9.17) is 42.1 Å². The van der Waals surface area contributed by atoms with Crippen molar-refractivity contribution in [1.82, 2.24) is 4.90 Å². The number of ether oxygens (including phenoxy) is 4. The summed E-state index contributed by atoms with van der Waals surface area (Å²) in [6, 6.07) is 21.0. The van der Waals surface area contributed by atoms with E-state index < -0.39 is 12.6 Å². The summed E-state index contributed by atoms with van der Waals surface area (Å²) in [6.07, 6.45) is 1.78. The van der Waals surface area contributed by atoms with E-state index in [2.05, 4.69) is 11.5 Å². The molecule has 2 heterocycles. The predicted octanol–water partition coefficient (Wildman–Crippen LogP) is 6.29. The minimum atomic E-state index is -0.601. The normalized spacial score (nSPS) is 18.9. The Labute approximate surface area is 244 Å². The number of piperazine rings is 1. The van der Waals surface area contributed by atoms with Gasteiger partial charge in [0.25, 0.3) is 0 Å². The molecule has 0 spiro atoms. The third-order valence-electron chi connectivity index (χ3n) is 6.90. The van der Waals surface area contributed by atoms with Gasteiger partial charge in [-0.25, -0.2) is 0 Å². The molecule has 1 amide bonds. The van der Waals surface area contributed by atoms with Gasteiger partial charge in [0.15, 0.2) is 6.29 Å². The lowest BCUT2D eigenvalue weighted by Gasteiger charge is -2.36. The van der Waals surface area contributed by atoms with E-state index in [1.165, 1.54) is 0 Å². The lowest BCUT2D eigenvalue weighted by Crippen LogP contribution is -2.48. The van der Waals surface area contributed by atoms with E-state index in [0.29, 0.717) is 53.9 Å². The van der Waals surface area contributed by atoms with Gasteiger partial charge in [-0.1, -0.05) is 54.1 Å². The SMILES string of the molecule is C=CCOc1ccc(CCC(=O)N2CCN(c3ccc(OC4COC(c5ccc(Cl)cc5Cl)O4)cc3)CC2)cc1. The number of hydrogen-bond acceptors (Lipinski definition) is 6. The number of aryl methyl sites for hydroxylation is 1. The summed E-state index contributed by atoms with van der Waals surface area (Å²) in [5, 5.41) is 1.05. The lowest BCUT2D eigenvalue weighted by atomic mass is 10.1. The van der Waals surface area contributed by atoms with Crippen LogP contribution in [-0.2, 0) is 20.7 Å². The molecule has 40 heavy (non-hydrogen) atoms. The predicted molar refractivity (Wildman–Crippen MR) is 156 cm³/mol. The molecule has 2 unspecified atom stereocenters. The standard InChI is InChI=1S/C31H32Cl2N2O5/c1-2-19-37-25-9-3-22(4-10-25)5-14-29(36)35-17-15-34(16-18-35)24-7-11-26(12-8-24)39-30-21-38-31(40-30)27-13-6-23(32)20-28(27)33/h2-4,6-13,20,30-31H,1,5,14-19,21H2. The second kappa shape index (κ2) is 13.4. The maximum Gasteiger partial charge on any atom is 0.226 e. The van der Waals surface area contributed by atoms with Crippen molar-refractivity contribution in [1.29, 1.82) is 0 Å². The molecule has 9 heteroatoms. The van der Waals surface area contributed by atoms with Gasteiger partial charge < -0.3 is 28.7 Å². The highest BCUT2D eigenvalue weighted by atomic mass is 35.5. The summed E-state index contributed by atoms with van der Waals surface area (Å²) in [5.74, 6) is 1.68. The minimum Gasteiger partial charge on any atom is -0.490 e. The molecule has 0 saturated carbocycles. The summed E-state index contributed by atoms with van der Waals surface area (Å²) >= 11 is 12.3. The fourth-order valence-electron chi connectivity index (χ4n) is 4.72. The Morgan fingerprint density at radius 3 is 2.40 bits per heavy atom. The average molecular weight is 584 g/mol. The topological polar surface area (TPSA) is 60.5 Å². The fourth-order valence-corrected chi connectivity index (χ4v) is 5.22. The molecule has 2 aliphatic rings. The van der Waals surface area contributed by atoms with E-state index in [-0.39, 0.29) is 12.5 Å². The molecule has 7 nitrogen and oxygen atoms in total. The van der Waals surface area contributed by atoms with Crippen molar-refractivity contribution in [3.8, 4) is 11.5 Å². The van der Waals surface area contributed by atoms with Crippen LogP contribution in [0.25, 0.3) is 0 Å². The fraction of sp³-hybridized carbons (Fsp3) is 0.323. The van der Waals surface area contributed by atoms with E-state index in [1.54, 1.807) is 24.3 Å². The number of carbonyl (C=O) groups is 1. The van der Waals surface area contributed by atoms with Crippen LogP contribution in [0.5, 0.6) is 11.5 Å². The second-order valence-corrected chi connectivity index (χ2v) is 10.5. The molecule has 0 radical (unpaired) electrons. The summed E-state index contributed by atoms with van der Waals surface area (Å²) < 4.78 is 23.1. The molecule has 3 aromatic carbocycles. The highest BCUT2D eigenvalue weighted by Crippen LogP contribution is 2.34. The van der Waals surface area contributed by atoms with Crippen molar-refractivity contribution in [2.24, 2.45) is 0 Å². The zero-order valence-corrected chi connectivity index (χ0v) is 23.7. The Balaban J connectivity index is 1.05. The molecule has 5 rings (SSSR count). The van der Waals surface area contributed by atoms with Crippen LogP contribution in [0.2, 0.25) is 10.0 Å². The van der Waals surface area contributed by atoms with Gasteiger partial charge in [-0.05, 0) is 60.5 Å². The molecule has 2 atom stereocenters. The van der Waals surface area contributed by atoms with Crippen molar-refractivity contribution in [2.45, 2.75) is 25.4 Å². The molecule has 2 saturated heterocycles. The van der Waals surface area contributed by atoms with Crippen LogP contribution in [0.1, 0.15) is 23.8 Å². The maximum absolute atomic E-state index is 12.8. The Kier molecular flexibility index (Phi) is 9.49.